The van der Waals surface area contributed by atoms with Gasteiger partial charge < -0.3 is 5.32 Å². The van der Waals surface area contributed by atoms with Gasteiger partial charge in [-0.1, -0.05) is 6.92 Å². The van der Waals surface area contributed by atoms with Crippen molar-refractivity contribution >= 4 is 21.4 Å². The molecule has 102 valence electrons. The summed E-state index contributed by atoms with van der Waals surface area (Å²) in [5.74, 6) is 0.638. The van der Waals surface area contributed by atoms with Crippen molar-refractivity contribution in [2.45, 2.75) is 31.2 Å². The SMILES string of the molecule is CNCc1cc(S(=O)(=O)N2CCC(C)CC2)cs1. The van der Waals surface area contributed by atoms with E-state index in [2.05, 4.69) is 12.2 Å². The first-order valence-electron chi connectivity index (χ1n) is 6.26. The predicted octanol–water partition coefficient (Wildman–Crippen LogP) is 1.89. The van der Waals surface area contributed by atoms with Crippen molar-refractivity contribution in [3.05, 3.63) is 16.3 Å². The number of hydrogen-bond donors (Lipinski definition) is 1. The number of nitrogens with zero attached hydrogens (tertiary/aromatic N) is 1. The van der Waals surface area contributed by atoms with Crippen molar-refractivity contribution in [1.29, 1.82) is 0 Å². The Labute approximate surface area is 113 Å². The standard InChI is InChI=1S/C12H20N2O2S2/c1-10-3-5-14(6-4-10)18(15,16)12-7-11(8-13-2)17-9-12/h7,9-10,13H,3-6,8H2,1-2H3. The lowest BCUT2D eigenvalue weighted by atomic mass is 10.0. The molecule has 0 bridgehead atoms. The summed E-state index contributed by atoms with van der Waals surface area (Å²) >= 11 is 1.50. The lowest BCUT2D eigenvalue weighted by Gasteiger charge is -2.29. The van der Waals surface area contributed by atoms with E-state index in [0.29, 0.717) is 23.9 Å². The summed E-state index contributed by atoms with van der Waals surface area (Å²) < 4.78 is 26.5. The van der Waals surface area contributed by atoms with Gasteiger partial charge in [0.05, 0.1) is 4.90 Å². The largest absolute Gasteiger partial charge is 0.315 e. The normalized spacial score (nSPS) is 19.2. The maximum absolute atomic E-state index is 12.4. The average molecular weight is 288 g/mol. The van der Waals surface area contributed by atoms with Crippen molar-refractivity contribution in [3.63, 3.8) is 0 Å². The van der Waals surface area contributed by atoms with Gasteiger partial charge in [0.2, 0.25) is 10.0 Å². The van der Waals surface area contributed by atoms with Gasteiger partial charge in [0.25, 0.3) is 0 Å². The van der Waals surface area contributed by atoms with E-state index in [4.69, 9.17) is 0 Å². The molecule has 4 nitrogen and oxygen atoms in total. The Balaban J connectivity index is 2.14. The minimum absolute atomic E-state index is 0.451. The van der Waals surface area contributed by atoms with Gasteiger partial charge in [-0.05, 0) is 31.9 Å². The van der Waals surface area contributed by atoms with Gasteiger partial charge in [-0.25, -0.2) is 8.42 Å². The van der Waals surface area contributed by atoms with Crippen LogP contribution in [0.4, 0.5) is 0 Å². The number of thiophene rings is 1. The zero-order valence-electron chi connectivity index (χ0n) is 10.8. The van der Waals surface area contributed by atoms with Crippen molar-refractivity contribution in [2.24, 2.45) is 5.92 Å². The van der Waals surface area contributed by atoms with Crippen LogP contribution in [-0.2, 0) is 16.6 Å². The van der Waals surface area contributed by atoms with Crippen LogP contribution in [0.3, 0.4) is 0 Å². The molecule has 0 aliphatic carbocycles. The fourth-order valence-electron chi connectivity index (χ4n) is 2.14. The molecule has 1 aromatic heterocycles. The molecule has 0 saturated carbocycles. The van der Waals surface area contributed by atoms with Crippen molar-refractivity contribution in [1.82, 2.24) is 9.62 Å². The molecule has 6 heteroatoms. The third-order valence-corrected chi connectivity index (χ3v) is 6.32. The number of piperidine rings is 1. The summed E-state index contributed by atoms with van der Waals surface area (Å²) in [5.41, 5.74) is 0. The number of nitrogens with one attached hydrogen (secondary N) is 1. The third kappa shape index (κ3) is 2.93. The Hall–Kier alpha value is -0.430. The second-order valence-electron chi connectivity index (χ2n) is 4.87. The topological polar surface area (TPSA) is 49.4 Å². The highest BCUT2D eigenvalue weighted by Gasteiger charge is 2.28. The number of hydrogen-bond acceptors (Lipinski definition) is 4. The predicted molar refractivity (Wildman–Crippen MR) is 74.2 cm³/mol. The van der Waals surface area contributed by atoms with E-state index in [-0.39, 0.29) is 0 Å². The summed E-state index contributed by atoms with van der Waals surface area (Å²) in [7, 11) is -1.41. The average Bonchev–Trinajstić information content (AvgIpc) is 2.79. The van der Waals surface area contributed by atoms with Crippen LogP contribution < -0.4 is 5.32 Å². The Kier molecular flexibility index (Phi) is 4.42. The van der Waals surface area contributed by atoms with Crippen LogP contribution in [0.1, 0.15) is 24.6 Å². The molecule has 1 saturated heterocycles. The Morgan fingerprint density at radius 2 is 2.11 bits per heavy atom. The fraction of sp³-hybridized carbons (Fsp3) is 0.667. The van der Waals surface area contributed by atoms with Gasteiger partial charge in [-0.2, -0.15) is 4.31 Å². The zero-order valence-corrected chi connectivity index (χ0v) is 12.5. The minimum atomic E-state index is -3.27. The van der Waals surface area contributed by atoms with E-state index in [0.717, 1.165) is 24.3 Å². The van der Waals surface area contributed by atoms with Gasteiger partial charge in [0.1, 0.15) is 0 Å². The highest BCUT2D eigenvalue weighted by molar-refractivity contribution is 7.89. The highest BCUT2D eigenvalue weighted by atomic mass is 32.2. The summed E-state index contributed by atoms with van der Waals surface area (Å²) in [6.07, 6.45) is 1.93. The molecule has 0 radical (unpaired) electrons. The van der Waals surface area contributed by atoms with Crippen LogP contribution in [0.2, 0.25) is 0 Å². The smallest absolute Gasteiger partial charge is 0.243 e. The van der Waals surface area contributed by atoms with Gasteiger partial charge in [0.15, 0.2) is 0 Å². The molecule has 0 atom stereocenters. The van der Waals surface area contributed by atoms with Crippen molar-refractivity contribution < 1.29 is 8.42 Å². The maximum atomic E-state index is 12.4. The van der Waals surface area contributed by atoms with Crippen LogP contribution in [0.5, 0.6) is 0 Å². The van der Waals surface area contributed by atoms with Crippen LogP contribution in [0.15, 0.2) is 16.3 Å². The van der Waals surface area contributed by atoms with Crippen LogP contribution in [0.25, 0.3) is 0 Å². The first kappa shape index (κ1) is 14.0. The van der Waals surface area contributed by atoms with Gasteiger partial charge >= 0.3 is 0 Å². The van der Waals surface area contributed by atoms with Crippen LogP contribution >= 0.6 is 11.3 Å². The van der Waals surface area contributed by atoms with Gasteiger partial charge in [-0.3, -0.25) is 0 Å². The van der Waals surface area contributed by atoms with E-state index < -0.39 is 10.0 Å². The Morgan fingerprint density at radius 1 is 1.44 bits per heavy atom. The van der Waals surface area contributed by atoms with Crippen molar-refractivity contribution in [3.8, 4) is 0 Å². The highest BCUT2D eigenvalue weighted by Crippen LogP contribution is 2.26. The van der Waals surface area contributed by atoms with Gasteiger partial charge in [-0.15, -0.1) is 11.3 Å². The van der Waals surface area contributed by atoms with Crippen LogP contribution in [-0.4, -0.2) is 32.9 Å². The molecular weight excluding hydrogens is 268 g/mol. The Morgan fingerprint density at radius 3 is 2.72 bits per heavy atom. The summed E-state index contributed by atoms with van der Waals surface area (Å²) in [6, 6.07) is 1.79. The van der Waals surface area contributed by atoms with E-state index in [1.54, 1.807) is 15.8 Å². The molecule has 0 amide bonds. The van der Waals surface area contributed by atoms with Crippen LogP contribution in [0, 0.1) is 5.92 Å². The van der Waals surface area contributed by atoms with Crippen molar-refractivity contribution in [2.75, 3.05) is 20.1 Å². The molecule has 0 unspecified atom stereocenters. The molecule has 2 heterocycles. The molecule has 1 aromatic rings. The fourth-order valence-corrected chi connectivity index (χ4v) is 4.88. The molecule has 18 heavy (non-hydrogen) atoms. The molecule has 1 aliphatic rings. The third-order valence-electron chi connectivity index (χ3n) is 3.36. The van der Waals surface area contributed by atoms with E-state index in [9.17, 15) is 8.42 Å². The minimum Gasteiger partial charge on any atom is -0.315 e. The first-order chi connectivity index (χ1) is 8.54. The molecule has 1 N–H and O–H groups in total. The van der Waals surface area contributed by atoms with E-state index >= 15 is 0 Å². The molecule has 2 rings (SSSR count). The summed E-state index contributed by atoms with van der Waals surface area (Å²) in [5, 5.41) is 4.79. The second-order valence-corrected chi connectivity index (χ2v) is 7.80. The first-order valence-corrected chi connectivity index (χ1v) is 8.58. The summed E-state index contributed by atoms with van der Waals surface area (Å²) in [6.45, 7) is 4.21. The molecular formula is C12H20N2O2S2. The number of sulfonamides is 1. The second kappa shape index (κ2) is 5.69. The molecule has 0 spiro atoms. The maximum Gasteiger partial charge on any atom is 0.243 e. The monoisotopic (exact) mass is 288 g/mol. The molecule has 1 aliphatic heterocycles. The van der Waals surface area contributed by atoms with E-state index in [1.807, 2.05) is 7.05 Å². The van der Waals surface area contributed by atoms with Gasteiger partial charge in [0, 0.05) is 29.9 Å². The molecule has 0 aromatic carbocycles. The Bertz CT molecular complexity index is 488. The van der Waals surface area contributed by atoms with E-state index in [1.165, 1.54) is 11.3 Å². The number of rotatable bonds is 4. The summed E-state index contributed by atoms with van der Waals surface area (Å²) in [4.78, 5) is 1.51. The molecule has 1 fully saturated rings. The lowest BCUT2D eigenvalue weighted by molar-refractivity contribution is 0.288. The zero-order chi connectivity index (χ0) is 13.2. The lowest BCUT2D eigenvalue weighted by Crippen LogP contribution is -2.37. The quantitative estimate of drug-likeness (QED) is 0.920.